The maximum atomic E-state index is 11.6. The number of hydrogen-bond acceptors (Lipinski definition) is 3. The van der Waals surface area contributed by atoms with Crippen LogP contribution in [0.25, 0.3) is 5.69 Å². The van der Waals surface area contributed by atoms with Crippen molar-refractivity contribution in [3.05, 3.63) is 48.3 Å². The lowest BCUT2D eigenvalue weighted by Crippen LogP contribution is -2.22. The second-order valence-corrected chi connectivity index (χ2v) is 6.02. The average Bonchev–Trinajstić information content (AvgIpc) is 3.09. The van der Waals surface area contributed by atoms with Crippen molar-refractivity contribution in [1.82, 2.24) is 9.47 Å². The van der Waals surface area contributed by atoms with Crippen LogP contribution >= 0.6 is 11.8 Å². The number of thioether (sulfide) groups is 1. The fourth-order valence-electron chi connectivity index (χ4n) is 2.42. The first-order chi connectivity index (χ1) is 10.2. The Kier molecular flexibility index (Phi) is 3.92. The Hall–Kier alpha value is -1.88. The molecule has 5 heteroatoms. The first-order valence-corrected chi connectivity index (χ1v) is 8.02. The van der Waals surface area contributed by atoms with Gasteiger partial charge in [0.15, 0.2) is 0 Å². The van der Waals surface area contributed by atoms with E-state index < -0.39 is 0 Å². The number of ether oxygens (including phenoxy) is 1. The molecule has 110 valence electrons. The minimum Gasteiger partial charge on any atom is -0.494 e. The van der Waals surface area contributed by atoms with Crippen LogP contribution in [0.4, 0.5) is 0 Å². The maximum absolute atomic E-state index is 11.6. The summed E-state index contributed by atoms with van der Waals surface area (Å²) in [6.07, 6.45) is 4.12. The number of carbonyl (C=O) groups excluding carboxylic acids is 1. The number of carbonyl (C=O) groups is 1. The van der Waals surface area contributed by atoms with Gasteiger partial charge in [0.1, 0.15) is 11.1 Å². The van der Waals surface area contributed by atoms with Gasteiger partial charge in [-0.25, -0.2) is 0 Å². The van der Waals surface area contributed by atoms with E-state index in [-0.39, 0.29) is 11.3 Å². The van der Waals surface area contributed by atoms with Gasteiger partial charge in [-0.05, 0) is 37.3 Å². The van der Waals surface area contributed by atoms with Crippen molar-refractivity contribution in [3.8, 4) is 11.4 Å². The fraction of sp³-hybridized carbons (Fsp3) is 0.312. The normalized spacial score (nSPS) is 18.3. The molecule has 0 aliphatic carbocycles. The van der Waals surface area contributed by atoms with E-state index >= 15 is 0 Å². The third-order valence-corrected chi connectivity index (χ3v) is 4.87. The van der Waals surface area contributed by atoms with Crippen molar-refractivity contribution in [2.24, 2.45) is 0 Å². The van der Waals surface area contributed by atoms with Crippen molar-refractivity contribution in [2.75, 3.05) is 19.4 Å². The van der Waals surface area contributed by atoms with Crippen molar-refractivity contribution in [1.29, 1.82) is 0 Å². The summed E-state index contributed by atoms with van der Waals surface area (Å²) in [5.74, 6) is 1.64. The molecule has 0 saturated carbocycles. The first kappa shape index (κ1) is 14.1. The van der Waals surface area contributed by atoms with E-state index in [1.165, 1.54) is 0 Å². The minimum absolute atomic E-state index is 0.126. The van der Waals surface area contributed by atoms with Gasteiger partial charge in [0.05, 0.1) is 12.4 Å². The lowest BCUT2D eigenvalue weighted by atomic mass is 10.3. The first-order valence-electron chi connectivity index (χ1n) is 6.97. The Bertz CT molecular complexity index is 636. The van der Waals surface area contributed by atoms with Gasteiger partial charge >= 0.3 is 0 Å². The van der Waals surface area contributed by atoms with Crippen LogP contribution in [0.5, 0.6) is 5.75 Å². The molecular formula is C16H18N2O2S. The predicted molar refractivity (Wildman–Crippen MR) is 84.9 cm³/mol. The van der Waals surface area contributed by atoms with Gasteiger partial charge in [0.25, 0.3) is 0 Å². The lowest BCUT2D eigenvalue weighted by molar-refractivity contribution is -0.126. The molecule has 1 saturated heterocycles. The molecule has 1 aromatic heterocycles. The van der Waals surface area contributed by atoms with Crippen LogP contribution in [0.3, 0.4) is 0 Å². The van der Waals surface area contributed by atoms with E-state index in [1.807, 2.05) is 49.3 Å². The zero-order valence-corrected chi connectivity index (χ0v) is 13.0. The SMILES string of the molecule is CCOc1ccc(-n2ccc(C3SCC(=O)N3C)c2)cc1. The van der Waals surface area contributed by atoms with Gasteiger partial charge in [-0.3, -0.25) is 4.79 Å². The van der Waals surface area contributed by atoms with Crippen LogP contribution in [-0.2, 0) is 4.79 Å². The van der Waals surface area contributed by atoms with Crippen LogP contribution in [0, 0.1) is 0 Å². The number of amides is 1. The minimum atomic E-state index is 0.126. The molecule has 1 atom stereocenters. The summed E-state index contributed by atoms with van der Waals surface area (Å²) in [7, 11) is 1.86. The quantitative estimate of drug-likeness (QED) is 0.870. The Morgan fingerprint density at radius 3 is 2.67 bits per heavy atom. The van der Waals surface area contributed by atoms with Gasteiger partial charge in [-0.1, -0.05) is 0 Å². The standard InChI is InChI=1S/C16H18N2O2S/c1-3-20-14-6-4-13(5-7-14)18-9-8-12(10-18)16-17(2)15(19)11-21-16/h4-10,16H,3,11H2,1-2H3. The third-order valence-electron chi connectivity index (χ3n) is 3.56. The van der Waals surface area contributed by atoms with Crippen molar-refractivity contribution in [3.63, 3.8) is 0 Å². The average molecular weight is 302 g/mol. The van der Waals surface area contributed by atoms with E-state index in [0.29, 0.717) is 12.4 Å². The Morgan fingerprint density at radius 2 is 2.05 bits per heavy atom. The summed E-state index contributed by atoms with van der Waals surface area (Å²) < 4.78 is 7.52. The maximum Gasteiger partial charge on any atom is 0.233 e. The number of nitrogens with zero attached hydrogens (tertiary/aromatic N) is 2. The topological polar surface area (TPSA) is 34.5 Å². The molecule has 0 radical (unpaired) electrons. The molecule has 4 nitrogen and oxygen atoms in total. The molecule has 3 rings (SSSR count). The van der Waals surface area contributed by atoms with Crippen LogP contribution in [0.2, 0.25) is 0 Å². The summed E-state index contributed by atoms with van der Waals surface area (Å²) in [5, 5.41) is 0.126. The third kappa shape index (κ3) is 2.78. The number of hydrogen-bond donors (Lipinski definition) is 0. The molecule has 1 amide bonds. The Morgan fingerprint density at radius 1 is 1.29 bits per heavy atom. The molecule has 1 fully saturated rings. The van der Waals surface area contributed by atoms with E-state index in [0.717, 1.165) is 17.0 Å². The van der Waals surface area contributed by atoms with Crippen molar-refractivity contribution in [2.45, 2.75) is 12.3 Å². The number of benzene rings is 1. The molecule has 0 N–H and O–H groups in total. The number of aromatic nitrogens is 1. The van der Waals surface area contributed by atoms with Gasteiger partial charge < -0.3 is 14.2 Å². The van der Waals surface area contributed by atoms with Gasteiger partial charge in [-0.15, -0.1) is 11.8 Å². The molecule has 2 aromatic rings. The van der Waals surface area contributed by atoms with Gasteiger partial charge in [0.2, 0.25) is 5.91 Å². The van der Waals surface area contributed by atoms with E-state index in [1.54, 1.807) is 11.8 Å². The molecule has 2 heterocycles. The molecule has 0 bridgehead atoms. The highest BCUT2D eigenvalue weighted by Crippen LogP contribution is 2.37. The molecule has 1 aromatic carbocycles. The molecule has 1 unspecified atom stereocenters. The Balaban J connectivity index is 1.80. The van der Waals surface area contributed by atoms with Crippen LogP contribution in [-0.4, -0.2) is 34.8 Å². The Labute approximate surface area is 128 Å². The summed E-state index contributed by atoms with van der Waals surface area (Å²) in [6.45, 7) is 2.65. The van der Waals surface area contributed by atoms with Crippen LogP contribution < -0.4 is 4.74 Å². The molecule has 1 aliphatic heterocycles. The zero-order valence-electron chi connectivity index (χ0n) is 12.2. The monoisotopic (exact) mass is 302 g/mol. The van der Waals surface area contributed by atoms with Crippen LogP contribution in [0.1, 0.15) is 17.9 Å². The summed E-state index contributed by atoms with van der Waals surface area (Å²) in [5.41, 5.74) is 2.24. The smallest absolute Gasteiger partial charge is 0.233 e. The molecular weight excluding hydrogens is 284 g/mol. The van der Waals surface area contributed by atoms with Crippen LogP contribution in [0.15, 0.2) is 42.7 Å². The highest BCUT2D eigenvalue weighted by Gasteiger charge is 2.30. The largest absolute Gasteiger partial charge is 0.494 e. The number of rotatable bonds is 4. The van der Waals surface area contributed by atoms with Gasteiger partial charge in [-0.2, -0.15) is 0 Å². The predicted octanol–water partition coefficient (Wildman–Crippen LogP) is 3.08. The highest BCUT2D eigenvalue weighted by atomic mass is 32.2. The van der Waals surface area contributed by atoms with Crippen molar-refractivity contribution >= 4 is 17.7 Å². The molecule has 21 heavy (non-hydrogen) atoms. The summed E-state index contributed by atoms with van der Waals surface area (Å²) >= 11 is 1.67. The highest BCUT2D eigenvalue weighted by molar-refractivity contribution is 8.00. The second-order valence-electron chi connectivity index (χ2n) is 4.95. The van der Waals surface area contributed by atoms with Gasteiger partial charge in [0, 0.05) is 30.7 Å². The van der Waals surface area contributed by atoms with E-state index in [9.17, 15) is 4.79 Å². The zero-order chi connectivity index (χ0) is 14.8. The second kappa shape index (κ2) is 5.85. The van der Waals surface area contributed by atoms with Crippen molar-refractivity contribution < 1.29 is 9.53 Å². The fourth-order valence-corrected chi connectivity index (χ4v) is 3.59. The van der Waals surface area contributed by atoms with E-state index in [2.05, 4.69) is 16.8 Å². The summed E-state index contributed by atoms with van der Waals surface area (Å²) in [6, 6.07) is 10.1. The molecule has 1 aliphatic rings. The summed E-state index contributed by atoms with van der Waals surface area (Å²) in [4.78, 5) is 13.4. The lowest BCUT2D eigenvalue weighted by Gasteiger charge is -2.17. The van der Waals surface area contributed by atoms with E-state index in [4.69, 9.17) is 4.74 Å². The molecule has 0 spiro atoms.